The van der Waals surface area contributed by atoms with E-state index in [0.29, 0.717) is 41.6 Å². The van der Waals surface area contributed by atoms with Crippen LogP contribution in [0.3, 0.4) is 0 Å². The van der Waals surface area contributed by atoms with Crippen LogP contribution in [0.5, 0.6) is 11.5 Å². The van der Waals surface area contributed by atoms with Gasteiger partial charge in [0.05, 0.1) is 17.0 Å². The number of ether oxygens (including phenoxy) is 1. The van der Waals surface area contributed by atoms with Gasteiger partial charge >= 0.3 is 0 Å². The number of amides is 3. The minimum Gasteiger partial charge on any atom is -0.457 e. The number of nitrogens with zero attached hydrogens (tertiary/aromatic N) is 8. The first-order valence-corrected chi connectivity index (χ1v) is 21.3. The summed E-state index contributed by atoms with van der Waals surface area (Å²) in [5, 5.41) is 8.03. The van der Waals surface area contributed by atoms with Crippen LogP contribution in [0.4, 0.5) is 11.5 Å². The Morgan fingerprint density at radius 3 is 2.38 bits per heavy atom. The third-order valence-corrected chi connectivity index (χ3v) is 12.6. The summed E-state index contributed by atoms with van der Waals surface area (Å²) in [6, 6.07) is 23.1. The fraction of sp³-hybridized carbons (Fsp3) is 0.413. The number of anilines is 2. The van der Waals surface area contributed by atoms with Crippen LogP contribution in [0.25, 0.3) is 22.3 Å². The highest BCUT2D eigenvalue weighted by molar-refractivity contribution is 6.02. The van der Waals surface area contributed by atoms with Gasteiger partial charge in [-0.15, -0.1) is 0 Å². The zero-order valence-corrected chi connectivity index (χ0v) is 34.9. The molecule has 0 saturated carbocycles. The lowest BCUT2D eigenvalue weighted by molar-refractivity contribution is -0.125. The third-order valence-electron chi connectivity index (χ3n) is 12.6. The predicted molar refractivity (Wildman–Crippen MR) is 233 cm³/mol. The molecule has 2 aromatic heterocycles. The fourth-order valence-corrected chi connectivity index (χ4v) is 9.08. The Labute approximate surface area is 355 Å². The molecule has 0 spiro atoms. The number of piperidine rings is 1. The van der Waals surface area contributed by atoms with Gasteiger partial charge in [0.15, 0.2) is 11.9 Å². The van der Waals surface area contributed by atoms with Crippen LogP contribution in [-0.2, 0) is 9.59 Å². The van der Waals surface area contributed by atoms with Gasteiger partial charge in [-0.1, -0.05) is 18.2 Å². The summed E-state index contributed by atoms with van der Waals surface area (Å²) in [5.41, 5.74) is 10.6. The number of likely N-dealkylation sites (tertiary alicyclic amines) is 2. The quantitative estimate of drug-likeness (QED) is 0.123. The Bertz CT molecular complexity index is 2340. The van der Waals surface area contributed by atoms with Crippen molar-refractivity contribution in [2.75, 3.05) is 70.0 Å². The SMILES string of the molecule is CC(CCC(=O)NC=O)N(C)C(=O)c1cc(N2CCC(CN3CC(CN4CCC(n5nc(-c6ccc(Oc7ccccc7)cc6)c6c(N)ncnc65)CC4)C3)C2)ccc1C=O. The number of nitrogens with one attached hydrogen (secondary N) is 1. The number of rotatable bonds is 16. The second-order valence-electron chi connectivity index (χ2n) is 16.8. The first kappa shape index (κ1) is 41.5. The van der Waals surface area contributed by atoms with Crippen LogP contribution in [-0.4, -0.2) is 124 Å². The number of imide groups is 1. The molecule has 3 fully saturated rings. The molecule has 2 unspecified atom stereocenters. The minimum atomic E-state index is -0.389. The van der Waals surface area contributed by atoms with Crippen molar-refractivity contribution in [1.29, 1.82) is 0 Å². The summed E-state index contributed by atoms with van der Waals surface area (Å²) >= 11 is 0. The number of hydrogen-bond acceptors (Lipinski definition) is 12. The topological polar surface area (TPSA) is 172 Å². The van der Waals surface area contributed by atoms with Crippen LogP contribution in [0.1, 0.15) is 65.8 Å². The first-order chi connectivity index (χ1) is 29.7. The maximum absolute atomic E-state index is 13.5. The van der Waals surface area contributed by atoms with Crippen molar-refractivity contribution in [3.63, 3.8) is 0 Å². The highest BCUT2D eigenvalue weighted by atomic mass is 16.5. The number of carbonyl (C=O) groups excluding carboxylic acids is 4. The van der Waals surface area contributed by atoms with E-state index < -0.39 is 0 Å². The molecule has 61 heavy (non-hydrogen) atoms. The van der Waals surface area contributed by atoms with Crippen LogP contribution < -0.4 is 20.7 Å². The van der Waals surface area contributed by atoms with Gasteiger partial charge in [-0.3, -0.25) is 24.5 Å². The summed E-state index contributed by atoms with van der Waals surface area (Å²) in [6.45, 7) is 9.99. The number of hydrogen-bond donors (Lipinski definition) is 2. The Morgan fingerprint density at radius 1 is 0.902 bits per heavy atom. The van der Waals surface area contributed by atoms with Gasteiger partial charge in [-0.05, 0) is 99.0 Å². The second kappa shape index (κ2) is 18.6. The highest BCUT2D eigenvalue weighted by Crippen LogP contribution is 2.36. The number of aromatic nitrogens is 4. The number of nitrogens with two attached hydrogens (primary N) is 1. The standard InChI is InChI=1S/C46H54N10O5/c1-31(8-15-41(59)50-30-58)52(2)46(60)40-22-37(12-9-35(40)28-57)55-21-16-32(27-55)23-54-25-33(26-54)24-53-19-17-36(18-20-53)56-45-42(44(47)48-29-49-45)43(51-56)34-10-13-39(14-11-34)61-38-6-4-3-5-7-38/h3-7,9-14,22,28-33,36H,8,15-21,23-27H2,1-2H3,(H2,47,48,49)(H,50,58,59). The van der Waals surface area contributed by atoms with Crippen molar-refractivity contribution in [1.82, 2.24) is 39.8 Å². The Kier molecular flexibility index (Phi) is 12.7. The lowest BCUT2D eigenvalue weighted by Gasteiger charge is -2.44. The summed E-state index contributed by atoms with van der Waals surface area (Å²) in [4.78, 5) is 65.8. The van der Waals surface area contributed by atoms with Crippen molar-refractivity contribution < 1.29 is 23.9 Å². The average molecular weight is 827 g/mol. The van der Waals surface area contributed by atoms with Gasteiger partial charge < -0.3 is 30.1 Å². The first-order valence-electron chi connectivity index (χ1n) is 21.3. The molecule has 0 bridgehead atoms. The number of nitrogen functional groups attached to an aromatic ring is 1. The van der Waals surface area contributed by atoms with Gasteiger partial charge in [0.25, 0.3) is 5.91 Å². The number of fused-ring (bicyclic) bond motifs is 1. The Balaban J connectivity index is 0.807. The van der Waals surface area contributed by atoms with E-state index in [4.69, 9.17) is 15.6 Å². The number of para-hydroxylation sites is 1. The zero-order valence-electron chi connectivity index (χ0n) is 34.9. The Hall–Kier alpha value is -6.19. The molecule has 3 saturated heterocycles. The van der Waals surface area contributed by atoms with Gasteiger partial charge in [-0.2, -0.15) is 5.10 Å². The lowest BCUT2D eigenvalue weighted by atomic mass is 9.95. The van der Waals surface area contributed by atoms with E-state index in [1.54, 1.807) is 18.0 Å². The molecule has 5 aromatic rings. The van der Waals surface area contributed by atoms with Gasteiger partial charge in [0, 0.05) is 88.7 Å². The fourth-order valence-electron chi connectivity index (χ4n) is 9.08. The summed E-state index contributed by atoms with van der Waals surface area (Å²) in [7, 11) is 1.68. The highest BCUT2D eigenvalue weighted by Gasteiger charge is 2.34. The molecule has 5 heterocycles. The molecule has 2 atom stereocenters. The van der Waals surface area contributed by atoms with Crippen molar-refractivity contribution in [3.05, 3.63) is 90.3 Å². The van der Waals surface area contributed by atoms with Crippen LogP contribution >= 0.6 is 0 Å². The predicted octanol–water partition coefficient (Wildman–Crippen LogP) is 5.29. The number of carbonyl (C=O) groups is 4. The van der Waals surface area contributed by atoms with E-state index in [1.165, 1.54) is 6.33 Å². The normalized spacial score (nSPS) is 18.1. The van der Waals surface area contributed by atoms with E-state index in [9.17, 15) is 19.2 Å². The monoisotopic (exact) mass is 826 g/mol. The maximum Gasteiger partial charge on any atom is 0.254 e. The molecular weight excluding hydrogens is 773 g/mol. The molecule has 3 amide bonds. The molecule has 0 radical (unpaired) electrons. The van der Waals surface area contributed by atoms with Gasteiger partial charge in [-0.25, -0.2) is 14.6 Å². The van der Waals surface area contributed by atoms with Crippen LogP contribution in [0.2, 0.25) is 0 Å². The molecule has 318 valence electrons. The summed E-state index contributed by atoms with van der Waals surface area (Å²) in [5.74, 6) is 2.47. The molecule has 3 aromatic carbocycles. The molecule has 15 nitrogen and oxygen atoms in total. The minimum absolute atomic E-state index is 0.118. The number of benzene rings is 3. The largest absolute Gasteiger partial charge is 0.457 e. The van der Waals surface area contributed by atoms with Gasteiger partial charge in [0.2, 0.25) is 12.3 Å². The van der Waals surface area contributed by atoms with Crippen LogP contribution in [0, 0.1) is 11.8 Å². The molecular formula is C46H54N10O5. The lowest BCUT2D eigenvalue weighted by Crippen LogP contribution is -2.53. The molecule has 3 aliphatic heterocycles. The van der Waals surface area contributed by atoms with E-state index in [-0.39, 0.29) is 30.3 Å². The van der Waals surface area contributed by atoms with Crippen molar-refractivity contribution in [2.24, 2.45) is 11.8 Å². The summed E-state index contributed by atoms with van der Waals surface area (Å²) < 4.78 is 8.08. The maximum atomic E-state index is 13.5. The third kappa shape index (κ3) is 9.42. The Morgan fingerprint density at radius 2 is 1.64 bits per heavy atom. The van der Waals surface area contributed by atoms with E-state index in [1.807, 2.05) is 73.7 Å². The molecule has 15 heteroatoms. The molecule has 3 N–H and O–H groups in total. The van der Waals surface area contributed by atoms with Crippen molar-refractivity contribution >= 4 is 47.0 Å². The number of aldehydes is 1. The smallest absolute Gasteiger partial charge is 0.254 e. The molecule has 3 aliphatic rings. The second-order valence-corrected chi connectivity index (χ2v) is 16.8. The van der Waals surface area contributed by atoms with E-state index >= 15 is 0 Å². The van der Waals surface area contributed by atoms with Crippen molar-refractivity contribution in [2.45, 2.75) is 51.1 Å². The van der Waals surface area contributed by atoms with Gasteiger partial charge in [0.1, 0.15) is 29.3 Å². The van der Waals surface area contributed by atoms with E-state index in [0.717, 1.165) is 117 Å². The molecule has 8 rings (SSSR count). The van der Waals surface area contributed by atoms with E-state index in [2.05, 4.69) is 34.7 Å². The van der Waals surface area contributed by atoms with Crippen LogP contribution in [0.15, 0.2) is 79.1 Å². The summed E-state index contributed by atoms with van der Waals surface area (Å²) in [6.07, 6.45) is 6.15. The molecule has 0 aliphatic carbocycles. The van der Waals surface area contributed by atoms with Crippen molar-refractivity contribution in [3.8, 4) is 22.8 Å². The zero-order chi connectivity index (χ0) is 42.5. The average Bonchev–Trinajstić information content (AvgIpc) is 3.91.